The molecule has 15 atom stereocenters. The van der Waals surface area contributed by atoms with Gasteiger partial charge in [0.05, 0.1) is 37.1 Å². The molecule has 11 nitrogen and oxygen atoms in total. The quantitative estimate of drug-likeness (QED) is 0.281. The van der Waals surface area contributed by atoms with E-state index in [0.29, 0.717) is 36.8 Å². The molecule has 0 radical (unpaired) electrons. The highest BCUT2D eigenvalue weighted by molar-refractivity contribution is 5.78. The number of carbonyl (C=O) groups excluding carboxylic acids is 1. The van der Waals surface area contributed by atoms with E-state index in [4.69, 9.17) is 33.2 Å². The van der Waals surface area contributed by atoms with Crippen molar-refractivity contribution in [3.8, 4) is 0 Å². The lowest BCUT2D eigenvalue weighted by Crippen LogP contribution is -2.58. The number of carbonyl (C=O) groups is 1. The number of hydrogen-bond acceptors (Lipinski definition) is 11. The molecule has 6 rings (SSSR count). The van der Waals surface area contributed by atoms with E-state index in [0.717, 1.165) is 5.57 Å². The number of allylic oxidation sites excluding steroid dienone is 2. The van der Waals surface area contributed by atoms with Crippen molar-refractivity contribution in [2.24, 2.45) is 23.7 Å². The molecular weight excluding hydrogens is 656 g/mol. The van der Waals surface area contributed by atoms with Crippen molar-refractivity contribution in [2.45, 2.75) is 147 Å². The average Bonchev–Trinajstić information content (AvgIpc) is 3.42. The zero-order valence-electron chi connectivity index (χ0n) is 31.3. The normalized spacial score (nSPS) is 49.0. The third-order valence-electron chi connectivity index (χ3n) is 11.7. The fourth-order valence-corrected chi connectivity index (χ4v) is 8.75. The summed E-state index contributed by atoms with van der Waals surface area (Å²) in [7, 11) is 1.58. The maximum atomic E-state index is 14.2. The highest BCUT2D eigenvalue weighted by Crippen LogP contribution is 2.47. The number of hydrogen-bond donors (Lipinski definition) is 3. The number of ether oxygens (including phenoxy) is 7. The zero-order valence-corrected chi connectivity index (χ0v) is 31.3. The smallest absolute Gasteiger partial charge is 0.316 e. The number of esters is 1. The van der Waals surface area contributed by atoms with Crippen molar-refractivity contribution < 1.29 is 53.3 Å². The first kappa shape index (κ1) is 38.5. The van der Waals surface area contributed by atoms with E-state index in [1.807, 2.05) is 39.0 Å². The Kier molecular flexibility index (Phi) is 11.5. The first-order valence-electron chi connectivity index (χ1n) is 18.7. The first-order valence-corrected chi connectivity index (χ1v) is 18.7. The van der Waals surface area contributed by atoms with Gasteiger partial charge in [0.15, 0.2) is 12.1 Å². The van der Waals surface area contributed by atoms with Crippen LogP contribution in [-0.4, -0.2) is 108 Å². The lowest BCUT2D eigenvalue weighted by Gasteiger charge is -2.48. The lowest BCUT2D eigenvalue weighted by atomic mass is 9.71. The summed E-state index contributed by atoms with van der Waals surface area (Å²) >= 11 is 0. The molecule has 5 heterocycles. The Morgan fingerprint density at radius 2 is 1.76 bits per heavy atom. The minimum absolute atomic E-state index is 0.0467. The molecule has 1 aliphatic carbocycles. The molecule has 5 aliphatic heterocycles. The second kappa shape index (κ2) is 15.3. The molecule has 0 aromatic heterocycles. The van der Waals surface area contributed by atoms with Crippen LogP contribution < -0.4 is 0 Å². The van der Waals surface area contributed by atoms with E-state index in [2.05, 4.69) is 32.9 Å². The average molecular weight is 715 g/mol. The predicted molar refractivity (Wildman–Crippen MR) is 188 cm³/mol. The summed E-state index contributed by atoms with van der Waals surface area (Å²) in [4.78, 5) is 14.2. The Bertz CT molecular complexity index is 1430. The van der Waals surface area contributed by atoms with Crippen molar-refractivity contribution in [3.63, 3.8) is 0 Å². The zero-order chi connectivity index (χ0) is 36.8. The van der Waals surface area contributed by atoms with Crippen LogP contribution in [0.25, 0.3) is 0 Å². The second-order valence-corrected chi connectivity index (χ2v) is 15.9. The van der Waals surface area contributed by atoms with Crippen molar-refractivity contribution in [1.82, 2.24) is 0 Å². The topological polar surface area (TPSA) is 142 Å². The van der Waals surface area contributed by atoms with Crippen molar-refractivity contribution in [3.05, 3.63) is 59.3 Å². The van der Waals surface area contributed by atoms with Gasteiger partial charge in [0, 0.05) is 38.2 Å². The minimum Gasteiger partial charge on any atom is -0.462 e. The third kappa shape index (κ3) is 7.61. The number of methoxy groups -OCH3 is 1. The summed E-state index contributed by atoms with van der Waals surface area (Å²) in [6.07, 6.45) is 9.22. The van der Waals surface area contributed by atoms with Crippen LogP contribution in [-0.2, 0) is 38.0 Å². The molecule has 11 heteroatoms. The van der Waals surface area contributed by atoms with Gasteiger partial charge in [-0.3, -0.25) is 4.79 Å². The Labute approximate surface area is 302 Å². The van der Waals surface area contributed by atoms with Crippen LogP contribution in [0.1, 0.15) is 74.1 Å². The van der Waals surface area contributed by atoms with Crippen LogP contribution in [0.4, 0.5) is 0 Å². The molecule has 6 aliphatic rings. The SMILES string of the molecule is CO[C@H]1C[C@H](O[C@@H]2/C(C)=C/C[C@@H]3C[C@@H](C[C@]4(C=C[C@H](C)[C@@H](C(C)C)O4)O3)OC(=O)[C@@H]3C=C(C)[C@@H](O)[C@H]4OC/C(=C\C=C\[C@@H]2C)[C@]43O)O[C@@H](C)[C@@H]1O. The standard InChI is InChI=1S/C40H58O11/c1-21(2)35-24(5)14-15-39(51-35)19-29-17-28(50-39)13-12-23(4)36(49-32-18-31(45-8)34(42)26(7)47-32)22(3)10-9-11-27-20-46-37-33(41)25(6)16-30(38(43)48-29)40(27,37)44/h9-12,14-16,21-22,24,26,28-37,41-42,44H,13,17-20H2,1-8H3/b10-9+,23-12+,27-11+/t22-,24-,26-,28+,29-,30-,31-,32-,33+,34-,35+,36-,37+,39+,40+/m0/s1. The van der Waals surface area contributed by atoms with Crippen LogP contribution >= 0.6 is 0 Å². The van der Waals surface area contributed by atoms with Crippen molar-refractivity contribution >= 4 is 5.97 Å². The molecule has 0 aromatic carbocycles. The first-order chi connectivity index (χ1) is 24.2. The fraction of sp³-hybridized carbons (Fsp3) is 0.725. The van der Waals surface area contributed by atoms with E-state index < -0.39 is 72.3 Å². The predicted octanol–water partition coefficient (Wildman–Crippen LogP) is 4.45. The van der Waals surface area contributed by atoms with Crippen LogP contribution in [0.15, 0.2) is 59.3 Å². The molecule has 2 bridgehead atoms. The molecular formula is C40H58O11. The highest BCUT2D eigenvalue weighted by atomic mass is 16.7. The third-order valence-corrected chi connectivity index (χ3v) is 11.7. The Morgan fingerprint density at radius 3 is 2.49 bits per heavy atom. The molecule has 0 aromatic rings. The van der Waals surface area contributed by atoms with Gasteiger partial charge in [-0.1, -0.05) is 64.2 Å². The van der Waals surface area contributed by atoms with Gasteiger partial charge in [-0.2, -0.15) is 0 Å². The summed E-state index contributed by atoms with van der Waals surface area (Å²) in [5.74, 6) is -2.50. The molecule has 0 saturated carbocycles. The van der Waals surface area contributed by atoms with Crippen LogP contribution in [0.5, 0.6) is 0 Å². The van der Waals surface area contributed by atoms with E-state index in [1.54, 1.807) is 26.2 Å². The Morgan fingerprint density at radius 1 is 1.00 bits per heavy atom. The molecule has 3 saturated heterocycles. The maximum Gasteiger partial charge on any atom is 0.316 e. The minimum atomic E-state index is -1.81. The van der Waals surface area contributed by atoms with Gasteiger partial charge in [-0.25, -0.2) is 0 Å². The fourth-order valence-electron chi connectivity index (χ4n) is 8.75. The highest BCUT2D eigenvalue weighted by Gasteiger charge is 2.60. The van der Waals surface area contributed by atoms with Gasteiger partial charge in [0.1, 0.15) is 35.9 Å². The Balaban J connectivity index is 1.38. The number of aliphatic hydroxyl groups excluding tert-OH is 2. The van der Waals surface area contributed by atoms with E-state index in [-0.39, 0.29) is 36.6 Å². The van der Waals surface area contributed by atoms with Gasteiger partial charge in [-0.05, 0) is 55.9 Å². The monoisotopic (exact) mass is 714 g/mol. The van der Waals surface area contributed by atoms with Gasteiger partial charge >= 0.3 is 5.97 Å². The van der Waals surface area contributed by atoms with Gasteiger partial charge in [0.25, 0.3) is 0 Å². The summed E-state index contributed by atoms with van der Waals surface area (Å²) in [6, 6.07) is 0. The molecule has 51 heavy (non-hydrogen) atoms. The largest absolute Gasteiger partial charge is 0.462 e. The Hall–Kier alpha value is -2.19. The van der Waals surface area contributed by atoms with Crippen LogP contribution in [0.3, 0.4) is 0 Å². The summed E-state index contributed by atoms with van der Waals surface area (Å²) in [5.41, 5.74) is 0.180. The van der Waals surface area contributed by atoms with E-state index in [1.165, 1.54) is 0 Å². The summed E-state index contributed by atoms with van der Waals surface area (Å²) in [5, 5.41) is 34.0. The van der Waals surface area contributed by atoms with Crippen LogP contribution in [0.2, 0.25) is 0 Å². The van der Waals surface area contributed by atoms with Crippen molar-refractivity contribution in [2.75, 3.05) is 13.7 Å². The van der Waals surface area contributed by atoms with Crippen molar-refractivity contribution in [1.29, 1.82) is 0 Å². The molecule has 3 fully saturated rings. The number of rotatable bonds is 4. The van der Waals surface area contributed by atoms with Crippen LogP contribution in [0, 0.1) is 23.7 Å². The molecule has 284 valence electrons. The maximum absolute atomic E-state index is 14.2. The number of aliphatic hydroxyl groups is 3. The van der Waals surface area contributed by atoms with E-state index >= 15 is 0 Å². The van der Waals surface area contributed by atoms with Gasteiger partial charge in [0.2, 0.25) is 0 Å². The van der Waals surface area contributed by atoms with Gasteiger partial charge in [-0.15, -0.1) is 0 Å². The second-order valence-electron chi connectivity index (χ2n) is 15.9. The molecule has 1 spiro atoms. The lowest BCUT2D eigenvalue weighted by molar-refractivity contribution is -0.299. The van der Waals surface area contributed by atoms with Gasteiger partial charge < -0.3 is 48.5 Å². The molecule has 0 unspecified atom stereocenters. The molecule has 0 amide bonds. The molecule has 3 N–H and O–H groups in total. The summed E-state index contributed by atoms with van der Waals surface area (Å²) in [6.45, 7) is 14.0. The van der Waals surface area contributed by atoms with E-state index in [9.17, 15) is 20.1 Å². The summed E-state index contributed by atoms with van der Waals surface area (Å²) < 4.78 is 44.1. The number of fused-ring (bicyclic) bond motifs is 2.